The van der Waals surface area contributed by atoms with Crippen molar-refractivity contribution in [1.82, 2.24) is 13.5 Å². The number of thiol groups is 1. The van der Waals surface area contributed by atoms with Crippen molar-refractivity contribution in [3.8, 4) is 5.88 Å². The Hall–Kier alpha value is -1.33. The third-order valence-electron chi connectivity index (χ3n) is 2.61. The van der Waals surface area contributed by atoms with E-state index >= 15 is 0 Å². The number of carbonyl (C=O) groups excluding carboxylic acids is 1. The molecule has 1 N–H and O–H groups in total. The molecule has 0 atom stereocenters. The van der Waals surface area contributed by atoms with Gasteiger partial charge in [0.1, 0.15) is 6.61 Å². The second kappa shape index (κ2) is 7.49. The minimum atomic E-state index is -4.48. The summed E-state index contributed by atoms with van der Waals surface area (Å²) in [6.07, 6.45) is 1.50. The highest BCUT2D eigenvalue weighted by molar-refractivity contribution is 9.08. The van der Waals surface area contributed by atoms with E-state index in [1.807, 2.05) is 0 Å². The quantitative estimate of drug-likeness (QED) is 0.432. The Morgan fingerprint density at radius 2 is 2.17 bits per heavy atom. The van der Waals surface area contributed by atoms with E-state index in [0.29, 0.717) is 0 Å². The Morgan fingerprint density at radius 3 is 2.74 bits per heavy atom. The third kappa shape index (κ3) is 5.08. The van der Waals surface area contributed by atoms with Gasteiger partial charge in [-0.2, -0.15) is 13.2 Å². The van der Waals surface area contributed by atoms with E-state index in [4.69, 9.17) is 4.74 Å². The van der Waals surface area contributed by atoms with Gasteiger partial charge in [-0.3, -0.25) is 9.14 Å². The summed E-state index contributed by atoms with van der Waals surface area (Å²) in [6.45, 7) is -0.250. The summed E-state index contributed by atoms with van der Waals surface area (Å²) in [6, 6.07) is 5.56. The normalized spacial score (nSPS) is 11.3. The van der Waals surface area contributed by atoms with Crippen LogP contribution in [0.5, 0.6) is 5.88 Å². The van der Waals surface area contributed by atoms with Gasteiger partial charge < -0.3 is 4.74 Å². The molecular weight excluding hydrogens is 419 g/mol. The van der Waals surface area contributed by atoms with E-state index < -0.39 is 11.4 Å². The molecule has 0 bridgehead atoms. The summed E-state index contributed by atoms with van der Waals surface area (Å²) in [5.74, 6) is -0.398. The zero-order chi connectivity index (χ0) is 17.0. The molecule has 1 amide bonds. The number of nitrogens with one attached hydrogen (secondary N) is 1. The van der Waals surface area contributed by atoms with E-state index in [1.54, 1.807) is 0 Å². The van der Waals surface area contributed by atoms with Gasteiger partial charge in [0.15, 0.2) is 0 Å². The van der Waals surface area contributed by atoms with Crippen LogP contribution in [-0.4, -0.2) is 20.6 Å². The zero-order valence-corrected chi connectivity index (χ0v) is 14.5. The van der Waals surface area contributed by atoms with Crippen LogP contribution < -0.4 is 9.08 Å². The van der Waals surface area contributed by atoms with Crippen molar-refractivity contribution in [3.05, 3.63) is 41.6 Å². The van der Waals surface area contributed by atoms with E-state index in [-0.39, 0.29) is 40.3 Å². The molecule has 0 radical (unpaired) electrons. The summed E-state index contributed by atoms with van der Waals surface area (Å²) < 4.78 is 46.8. The van der Waals surface area contributed by atoms with Gasteiger partial charge in [0.05, 0.1) is 0 Å². The van der Waals surface area contributed by atoms with Gasteiger partial charge in [0.2, 0.25) is 5.88 Å². The lowest BCUT2D eigenvalue weighted by atomic mass is 10.1. The first kappa shape index (κ1) is 18.0. The SMILES string of the molecule is O=C(NBr)c1cccc(SC(F)(F)F)c1COc1ccn(S)n1. The number of hydrogen-bond donors (Lipinski definition) is 2. The lowest BCUT2D eigenvalue weighted by molar-refractivity contribution is -0.0328. The first-order valence-corrected chi connectivity index (χ1v) is 7.97. The summed E-state index contributed by atoms with van der Waals surface area (Å²) in [5.41, 5.74) is -4.30. The van der Waals surface area contributed by atoms with Gasteiger partial charge in [-0.05, 0) is 36.7 Å². The van der Waals surface area contributed by atoms with E-state index in [2.05, 4.69) is 38.4 Å². The van der Waals surface area contributed by atoms with Crippen LogP contribution in [0.25, 0.3) is 0 Å². The van der Waals surface area contributed by atoms with Crippen molar-refractivity contribution in [1.29, 1.82) is 0 Å². The van der Waals surface area contributed by atoms with Crippen LogP contribution in [0, 0.1) is 0 Å². The summed E-state index contributed by atoms with van der Waals surface area (Å²) >= 11 is 6.40. The number of ether oxygens (including phenoxy) is 1. The predicted octanol–water partition coefficient (Wildman–Crippen LogP) is 3.81. The molecule has 11 heteroatoms. The molecule has 23 heavy (non-hydrogen) atoms. The van der Waals surface area contributed by atoms with Gasteiger partial charge in [-0.1, -0.05) is 6.07 Å². The minimum absolute atomic E-state index is 0.0708. The number of nitrogens with zero attached hydrogens (tertiary/aromatic N) is 2. The molecule has 1 heterocycles. The van der Waals surface area contributed by atoms with E-state index in [0.717, 1.165) is 0 Å². The van der Waals surface area contributed by atoms with Crippen molar-refractivity contribution in [2.45, 2.75) is 17.0 Å². The fourth-order valence-electron chi connectivity index (χ4n) is 1.72. The number of benzene rings is 1. The van der Waals surface area contributed by atoms with Crippen molar-refractivity contribution in [3.63, 3.8) is 0 Å². The molecule has 0 spiro atoms. The highest BCUT2D eigenvalue weighted by atomic mass is 79.9. The number of aromatic nitrogens is 2. The van der Waals surface area contributed by atoms with E-state index in [1.165, 1.54) is 34.5 Å². The number of thioether (sulfide) groups is 1. The Labute approximate surface area is 147 Å². The van der Waals surface area contributed by atoms with Crippen LogP contribution >= 0.6 is 40.7 Å². The second-order valence-corrected chi connectivity index (χ2v) is 6.03. The molecule has 0 aliphatic rings. The van der Waals surface area contributed by atoms with Gasteiger partial charge in [-0.25, -0.2) is 4.09 Å². The maximum absolute atomic E-state index is 12.7. The largest absolute Gasteiger partial charge is 0.472 e. The van der Waals surface area contributed by atoms with Gasteiger partial charge in [0, 0.05) is 44.4 Å². The Morgan fingerprint density at radius 1 is 1.43 bits per heavy atom. The molecule has 0 saturated carbocycles. The molecule has 0 saturated heterocycles. The Bertz CT molecular complexity index is 709. The number of alkyl halides is 3. The van der Waals surface area contributed by atoms with Crippen molar-refractivity contribution < 1.29 is 22.7 Å². The molecule has 1 aromatic heterocycles. The lowest BCUT2D eigenvalue weighted by Crippen LogP contribution is -2.16. The van der Waals surface area contributed by atoms with Crippen LogP contribution in [0.3, 0.4) is 0 Å². The van der Waals surface area contributed by atoms with Gasteiger partial charge in [0.25, 0.3) is 5.91 Å². The average Bonchev–Trinajstić information content (AvgIpc) is 2.89. The number of rotatable bonds is 5. The number of carbonyl (C=O) groups is 1. The van der Waals surface area contributed by atoms with Gasteiger partial charge in [-0.15, -0.1) is 5.10 Å². The fourth-order valence-corrected chi connectivity index (χ4v) is 2.78. The highest BCUT2D eigenvalue weighted by Gasteiger charge is 2.31. The van der Waals surface area contributed by atoms with E-state index in [9.17, 15) is 18.0 Å². The maximum Gasteiger partial charge on any atom is 0.446 e. The molecule has 0 aliphatic carbocycles. The summed E-state index contributed by atoms with van der Waals surface area (Å²) in [4.78, 5) is 11.7. The molecule has 5 nitrogen and oxygen atoms in total. The number of halogens is 4. The Kier molecular flexibility index (Phi) is 5.87. The smallest absolute Gasteiger partial charge is 0.446 e. The fraction of sp³-hybridized carbons (Fsp3) is 0.167. The number of hydrogen-bond acceptors (Lipinski definition) is 5. The monoisotopic (exact) mass is 427 g/mol. The van der Waals surface area contributed by atoms with Crippen LogP contribution in [0.2, 0.25) is 0 Å². The number of amides is 1. The standard InChI is InChI=1S/C12H9BrF3N3O2S2/c13-17-11(20)7-2-1-3-9(23-12(14,15)16)8(7)6-21-10-4-5-19(22)18-10/h1-5,22H,6H2,(H,17,20). The molecule has 1 aromatic carbocycles. The predicted molar refractivity (Wildman–Crippen MR) is 85.7 cm³/mol. The highest BCUT2D eigenvalue weighted by Crippen LogP contribution is 2.39. The van der Waals surface area contributed by atoms with Crippen LogP contribution in [0.4, 0.5) is 13.2 Å². The molecule has 2 aromatic rings. The van der Waals surface area contributed by atoms with Crippen molar-refractivity contribution >= 4 is 46.6 Å². The lowest BCUT2D eigenvalue weighted by Gasteiger charge is -2.14. The van der Waals surface area contributed by atoms with Crippen LogP contribution in [-0.2, 0) is 6.61 Å². The molecule has 0 aliphatic heterocycles. The molecule has 2 rings (SSSR count). The van der Waals surface area contributed by atoms with Gasteiger partial charge >= 0.3 is 5.51 Å². The van der Waals surface area contributed by atoms with Crippen LogP contribution in [0.1, 0.15) is 15.9 Å². The molecule has 0 unspecified atom stereocenters. The molecule has 0 fully saturated rings. The maximum atomic E-state index is 12.7. The van der Waals surface area contributed by atoms with Crippen molar-refractivity contribution in [2.24, 2.45) is 0 Å². The average molecular weight is 428 g/mol. The zero-order valence-electron chi connectivity index (χ0n) is 11.2. The van der Waals surface area contributed by atoms with Crippen molar-refractivity contribution in [2.75, 3.05) is 0 Å². The first-order chi connectivity index (χ1) is 10.8. The molecule has 124 valence electrons. The summed E-state index contributed by atoms with van der Waals surface area (Å²) in [7, 11) is 0. The second-order valence-electron chi connectivity index (χ2n) is 4.12. The topological polar surface area (TPSA) is 56.1 Å². The summed E-state index contributed by atoms with van der Waals surface area (Å²) in [5, 5.41) is 3.84. The van der Waals surface area contributed by atoms with Crippen LogP contribution in [0.15, 0.2) is 35.4 Å². The minimum Gasteiger partial charge on any atom is -0.472 e. The molecular formula is C12H9BrF3N3O2S2. The third-order valence-corrected chi connectivity index (χ3v) is 4.02. The Balaban J connectivity index is 2.33. The first-order valence-electron chi connectivity index (χ1n) is 5.96.